The molecular weight excluding hydrogens is 371 g/mol. The zero-order valence-corrected chi connectivity index (χ0v) is 15.6. The Kier molecular flexibility index (Phi) is 4.53. The Morgan fingerprint density at radius 1 is 1.00 bits per heavy atom. The lowest BCUT2D eigenvalue weighted by atomic mass is 10.1. The molecule has 1 saturated heterocycles. The van der Waals surface area contributed by atoms with Crippen LogP contribution in [0.25, 0.3) is 16.9 Å². The number of anilines is 3. The fraction of sp³-hybridized carbons (Fsp3) is 0.190. The lowest BCUT2D eigenvalue weighted by molar-refractivity contribution is 0.122. The van der Waals surface area contributed by atoms with Crippen LogP contribution in [0.2, 0.25) is 0 Å². The van der Waals surface area contributed by atoms with E-state index in [0.717, 1.165) is 32.0 Å². The van der Waals surface area contributed by atoms with Crippen molar-refractivity contribution < 1.29 is 9.13 Å². The fourth-order valence-electron chi connectivity index (χ4n) is 3.46. The Bertz CT molecular complexity index is 1140. The van der Waals surface area contributed by atoms with Crippen molar-refractivity contribution in [3.63, 3.8) is 0 Å². The SMILES string of the molecule is Fc1cccc(-c2cnc(Nc3ccc(N4CCOCC4)cc3)c3ncnn23)c1. The van der Waals surface area contributed by atoms with Crippen LogP contribution in [0, 0.1) is 5.82 Å². The quantitative estimate of drug-likeness (QED) is 0.575. The molecule has 0 bridgehead atoms. The molecule has 146 valence electrons. The first kappa shape index (κ1) is 17.6. The van der Waals surface area contributed by atoms with Gasteiger partial charge in [-0.2, -0.15) is 5.10 Å². The van der Waals surface area contributed by atoms with Gasteiger partial charge < -0.3 is 15.0 Å². The van der Waals surface area contributed by atoms with E-state index < -0.39 is 0 Å². The first-order chi connectivity index (χ1) is 14.3. The van der Waals surface area contributed by atoms with Crippen LogP contribution in [0.4, 0.5) is 21.6 Å². The van der Waals surface area contributed by atoms with E-state index in [-0.39, 0.29) is 5.82 Å². The number of nitrogens with one attached hydrogen (secondary N) is 1. The molecule has 1 aliphatic heterocycles. The van der Waals surface area contributed by atoms with Crippen LogP contribution >= 0.6 is 0 Å². The predicted octanol–water partition coefficient (Wildman–Crippen LogP) is 3.51. The molecule has 7 nitrogen and oxygen atoms in total. The summed E-state index contributed by atoms with van der Waals surface area (Å²) < 4.78 is 20.7. The van der Waals surface area contributed by atoms with Crippen molar-refractivity contribution in [2.75, 3.05) is 36.5 Å². The topological polar surface area (TPSA) is 67.6 Å². The molecule has 4 aromatic rings. The van der Waals surface area contributed by atoms with E-state index in [2.05, 4.69) is 37.4 Å². The van der Waals surface area contributed by atoms with Gasteiger partial charge in [-0.1, -0.05) is 12.1 Å². The third-order valence-corrected chi connectivity index (χ3v) is 4.93. The summed E-state index contributed by atoms with van der Waals surface area (Å²) in [4.78, 5) is 11.1. The number of morpholine rings is 1. The van der Waals surface area contributed by atoms with Gasteiger partial charge in [0, 0.05) is 30.0 Å². The first-order valence-electron chi connectivity index (χ1n) is 9.42. The summed E-state index contributed by atoms with van der Waals surface area (Å²) in [5.41, 5.74) is 4.00. The number of nitrogens with zero attached hydrogens (tertiary/aromatic N) is 5. The summed E-state index contributed by atoms with van der Waals surface area (Å²) >= 11 is 0. The van der Waals surface area contributed by atoms with Gasteiger partial charge >= 0.3 is 0 Å². The molecule has 0 spiro atoms. The summed E-state index contributed by atoms with van der Waals surface area (Å²) in [7, 11) is 0. The maximum atomic E-state index is 13.6. The van der Waals surface area contributed by atoms with E-state index in [1.807, 2.05) is 18.2 Å². The smallest absolute Gasteiger partial charge is 0.199 e. The Morgan fingerprint density at radius 3 is 2.62 bits per heavy atom. The van der Waals surface area contributed by atoms with Gasteiger partial charge in [-0.15, -0.1) is 0 Å². The second kappa shape index (κ2) is 7.48. The van der Waals surface area contributed by atoms with Gasteiger partial charge in [-0.05, 0) is 36.4 Å². The molecule has 1 fully saturated rings. The lowest BCUT2D eigenvalue weighted by Crippen LogP contribution is -2.36. The standard InChI is InChI=1S/C21H19FN6O/c22-16-3-1-2-15(12-16)19-13-23-20(21-24-14-25-28(19)21)26-17-4-6-18(7-5-17)27-8-10-29-11-9-27/h1-7,12-14H,8-11H2,(H,23,26). The van der Waals surface area contributed by atoms with E-state index in [9.17, 15) is 4.39 Å². The highest BCUT2D eigenvalue weighted by atomic mass is 19.1. The Hall–Kier alpha value is -3.52. The van der Waals surface area contributed by atoms with Crippen LogP contribution in [0.3, 0.4) is 0 Å². The van der Waals surface area contributed by atoms with Gasteiger partial charge in [0.2, 0.25) is 0 Å². The van der Waals surface area contributed by atoms with Gasteiger partial charge in [0.05, 0.1) is 25.1 Å². The van der Waals surface area contributed by atoms with Crippen molar-refractivity contribution in [2.45, 2.75) is 0 Å². The Balaban J connectivity index is 1.43. The Labute approximate surface area is 166 Å². The summed E-state index contributed by atoms with van der Waals surface area (Å²) in [6.45, 7) is 3.31. The third kappa shape index (κ3) is 3.50. The van der Waals surface area contributed by atoms with Crippen molar-refractivity contribution in [3.8, 4) is 11.3 Å². The molecule has 29 heavy (non-hydrogen) atoms. The minimum absolute atomic E-state index is 0.307. The molecule has 0 aliphatic carbocycles. The number of benzene rings is 2. The van der Waals surface area contributed by atoms with E-state index >= 15 is 0 Å². The summed E-state index contributed by atoms with van der Waals surface area (Å²) in [5.74, 6) is 0.278. The average Bonchev–Trinajstić information content (AvgIpc) is 3.26. The lowest BCUT2D eigenvalue weighted by Gasteiger charge is -2.28. The summed E-state index contributed by atoms with van der Waals surface area (Å²) in [6, 6.07) is 14.5. The number of rotatable bonds is 4. The normalized spacial score (nSPS) is 14.3. The number of halogens is 1. The van der Waals surface area contributed by atoms with Crippen LogP contribution in [0.5, 0.6) is 0 Å². The van der Waals surface area contributed by atoms with Crippen molar-refractivity contribution in [2.24, 2.45) is 0 Å². The summed E-state index contributed by atoms with van der Waals surface area (Å²) in [6.07, 6.45) is 3.13. The van der Waals surface area contributed by atoms with Gasteiger partial charge in [0.25, 0.3) is 0 Å². The van der Waals surface area contributed by atoms with Crippen LogP contribution in [0.1, 0.15) is 0 Å². The molecule has 0 radical (unpaired) electrons. The maximum absolute atomic E-state index is 13.6. The minimum Gasteiger partial charge on any atom is -0.378 e. The number of aromatic nitrogens is 4. The molecule has 8 heteroatoms. The van der Waals surface area contributed by atoms with Crippen molar-refractivity contribution in [1.82, 2.24) is 19.6 Å². The van der Waals surface area contributed by atoms with Crippen molar-refractivity contribution >= 4 is 22.8 Å². The van der Waals surface area contributed by atoms with E-state index in [1.54, 1.807) is 16.8 Å². The van der Waals surface area contributed by atoms with E-state index in [4.69, 9.17) is 4.74 Å². The van der Waals surface area contributed by atoms with E-state index in [1.165, 1.54) is 24.1 Å². The molecule has 3 heterocycles. The molecule has 0 saturated carbocycles. The molecule has 5 rings (SSSR count). The zero-order valence-electron chi connectivity index (χ0n) is 15.6. The highest BCUT2D eigenvalue weighted by molar-refractivity contribution is 5.74. The van der Waals surface area contributed by atoms with Crippen molar-refractivity contribution in [1.29, 1.82) is 0 Å². The van der Waals surface area contributed by atoms with E-state index in [0.29, 0.717) is 22.7 Å². The molecule has 0 unspecified atom stereocenters. The van der Waals surface area contributed by atoms with Gasteiger partial charge in [-0.25, -0.2) is 18.9 Å². The highest BCUT2D eigenvalue weighted by Crippen LogP contribution is 2.26. The minimum atomic E-state index is -0.307. The first-order valence-corrected chi connectivity index (χ1v) is 9.42. The average molecular weight is 390 g/mol. The maximum Gasteiger partial charge on any atom is 0.199 e. The van der Waals surface area contributed by atoms with Crippen LogP contribution in [-0.2, 0) is 4.74 Å². The molecule has 2 aromatic carbocycles. The largest absolute Gasteiger partial charge is 0.378 e. The third-order valence-electron chi connectivity index (χ3n) is 4.93. The second-order valence-corrected chi connectivity index (χ2v) is 6.77. The molecular formula is C21H19FN6O. The molecule has 1 aliphatic rings. The molecule has 0 atom stereocenters. The molecule has 2 aromatic heterocycles. The zero-order chi connectivity index (χ0) is 19.6. The van der Waals surface area contributed by atoms with Crippen LogP contribution < -0.4 is 10.2 Å². The van der Waals surface area contributed by atoms with Gasteiger partial charge in [0.1, 0.15) is 12.1 Å². The van der Waals surface area contributed by atoms with Gasteiger partial charge in [0.15, 0.2) is 11.5 Å². The summed E-state index contributed by atoms with van der Waals surface area (Å²) in [5, 5.41) is 7.59. The van der Waals surface area contributed by atoms with Crippen LogP contribution in [-0.4, -0.2) is 45.9 Å². The van der Waals surface area contributed by atoms with Gasteiger partial charge in [-0.3, -0.25) is 0 Å². The second-order valence-electron chi connectivity index (χ2n) is 6.77. The molecule has 0 amide bonds. The number of fused-ring (bicyclic) bond motifs is 1. The number of hydrogen-bond acceptors (Lipinski definition) is 6. The number of hydrogen-bond donors (Lipinski definition) is 1. The van der Waals surface area contributed by atoms with Crippen LogP contribution in [0.15, 0.2) is 61.1 Å². The molecule has 1 N–H and O–H groups in total. The fourth-order valence-corrected chi connectivity index (χ4v) is 3.46. The Morgan fingerprint density at radius 2 is 1.83 bits per heavy atom. The van der Waals surface area contributed by atoms with Crippen molar-refractivity contribution in [3.05, 3.63) is 66.9 Å². The monoisotopic (exact) mass is 390 g/mol. The highest BCUT2D eigenvalue weighted by Gasteiger charge is 2.13. The predicted molar refractivity (Wildman–Crippen MR) is 109 cm³/mol. The number of ether oxygens (including phenoxy) is 1.